The molecule has 110 valence electrons. The molecule has 6 nitrogen and oxygen atoms in total. The van der Waals surface area contributed by atoms with Gasteiger partial charge in [-0.25, -0.2) is 10.4 Å². The van der Waals surface area contributed by atoms with E-state index in [4.69, 9.17) is 4.74 Å². The number of ether oxygens (including phenoxy) is 1. The second kappa shape index (κ2) is 6.85. The first-order chi connectivity index (χ1) is 10.1. The van der Waals surface area contributed by atoms with E-state index >= 15 is 0 Å². The molecular formula is C14H15N3O3S. The quantitative estimate of drug-likeness (QED) is 0.652. The molecular weight excluding hydrogens is 290 g/mol. The van der Waals surface area contributed by atoms with Crippen molar-refractivity contribution in [2.24, 2.45) is 5.10 Å². The fraction of sp³-hybridized carbons (Fsp3) is 0.214. The number of hydrogen-bond donors (Lipinski definition) is 2. The first-order valence-electron chi connectivity index (χ1n) is 6.18. The third-order valence-electron chi connectivity index (χ3n) is 2.64. The molecule has 7 heteroatoms. The van der Waals surface area contributed by atoms with Gasteiger partial charge in [0, 0.05) is 10.9 Å². The van der Waals surface area contributed by atoms with Crippen LogP contribution in [0.25, 0.3) is 0 Å². The molecule has 1 amide bonds. The number of methoxy groups -OCH3 is 1. The molecule has 0 aliphatic rings. The Bertz CT molecular complexity index is 667. The monoisotopic (exact) mass is 305 g/mol. The van der Waals surface area contributed by atoms with Crippen molar-refractivity contribution >= 4 is 23.5 Å². The third kappa shape index (κ3) is 4.28. The molecule has 21 heavy (non-hydrogen) atoms. The maximum absolute atomic E-state index is 11.7. The van der Waals surface area contributed by atoms with Crippen LogP contribution in [0.4, 0.5) is 0 Å². The minimum atomic E-state index is -0.265. The van der Waals surface area contributed by atoms with E-state index in [0.29, 0.717) is 11.3 Å². The molecule has 2 N–H and O–H groups in total. The number of thiazole rings is 1. The zero-order valence-corrected chi connectivity index (χ0v) is 12.5. The van der Waals surface area contributed by atoms with Crippen LogP contribution >= 0.6 is 11.3 Å². The van der Waals surface area contributed by atoms with Crippen molar-refractivity contribution < 1.29 is 14.6 Å². The van der Waals surface area contributed by atoms with Crippen LogP contribution in [0.3, 0.4) is 0 Å². The summed E-state index contributed by atoms with van der Waals surface area (Å²) in [6.07, 6.45) is 1.54. The Labute approximate surface area is 126 Å². The van der Waals surface area contributed by atoms with Gasteiger partial charge >= 0.3 is 0 Å². The number of nitrogens with zero attached hydrogens (tertiary/aromatic N) is 2. The zero-order valence-electron chi connectivity index (χ0n) is 11.7. The molecule has 0 aliphatic carbocycles. The zero-order chi connectivity index (χ0) is 15.2. The van der Waals surface area contributed by atoms with Gasteiger partial charge in [-0.1, -0.05) is 0 Å². The van der Waals surface area contributed by atoms with Gasteiger partial charge in [-0.15, -0.1) is 11.3 Å². The lowest BCUT2D eigenvalue weighted by Gasteiger charge is -2.03. The second-order valence-corrected chi connectivity index (χ2v) is 5.31. The highest BCUT2D eigenvalue weighted by molar-refractivity contribution is 7.09. The average Bonchev–Trinajstić information content (AvgIpc) is 2.86. The van der Waals surface area contributed by atoms with Gasteiger partial charge in [0.05, 0.1) is 30.4 Å². The van der Waals surface area contributed by atoms with E-state index in [9.17, 15) is 9.90 Å². The molecule has 0 saturated carbocycles. The van der Waals surface area contributed by atoms with E-state index in [1.54, 1.807) is 12.1 Å². The number of carbonyl (C=O) groups is 1. The Morgan fingerprint density at radius 3 is 3.05 bits per heavy atom. The number of phenols is 1. The van der Waals surface area contributed by atoms with Crippen molar-refractivity contribution in [2.45, 2.75) is 13.3 Å². The number of benzene rings is 1. The van der Waals surface area contributed by atoms with E-state index in [0.717, 1.165) is 10.7 Å². The number of aromatic nitrogens is 1. The highest BCUT2D eigenvalue weighted by atomic mass is 32.1. The van der Waals surface area contributed by atoms with E-state index in [-0.39, 0.29) is 18.1 Å². The smallest absolute Gasteiger partial charge is 0.246 e. The normalized spacial score (nSPS) is 10.8. The van der Waals surface area contributed by atoms with Crippen LogP contribution in [0.15, 0.2) is 28.7 Å². The summed E-state index contributed by atoms with van der Waals surface area (Å²) < 4.78 is 5.05. The van der Waals surface area contributed by atoms with Crippen LogP contribution in [0, 0.1) is 6.92 Å². The van der Waals surface area contributed by atoms with Crippen LogP contribution in [0.5, 0.6) is 11.5 Å². The van der Waals surface area contributed by atoms with E-state index < -0.39 is 0 Å². The largest absolute Gasteiger partial charge is 0.507 e. The van der Waals surface area contributed by atoms with Crippen LogP contribution in [0.2, 0.25) is 0 Å². The summed E-state index contributed by atoms with van der Waals surface area (Å²) in [6, 6.07) is 4.75. The summed E-state index contributed by atoms with van der Waals surface area (Å²) in [6.45, 7) is 1.88. The van der Waals surface area contributed by atoms with Gasteiger partial charge < -0.3 is 9.84 Å². The SMILES string of the molecule is COc1ccc(O)c(C=NNC(=O)Cc2csc(C)n2)c1. The highest BCUT2D eigenvalue weighted by Crippen LogP contribution is 2.20. The predicted molar refractivity (Wildman–Crippen MR) is 81.0 cm³/mol. The number of aromatic hydroxyl groups is 1. The number of amides is 1. The van der Waals surface area contributed by atoms with Crippen molar-refractivity contribution in [1.82, 2.24) is 10.4 Å². The number of phenolic OH excluding ortho intramolecular Hbond substituents is 1. The molecule has 0 spiro atoms. The lowest BCUT2D eigenvalue weighted by molar-refractivity contribution is -0.120. The van der Waals surface area contributed by atoms with Gasteiger partial charge in [-0.2, -0.15) is 5.10 Å². The molecule has 2 aromatic rings. The molecule has 0 atom stereocenters. The van der Waals surface area contributed by atoms with Gasteiger partial charge in [-0.05, 0) is 25.1 Å². The first kappa shape index (κ1) is 15.0. The third-order valence-corrected chi connectivity index (χ3v) is 3.46. The molecule has 0 bridgehead atoms. The number of carbonyl (C=O) groups excluding carboxylic acids is 1. The number of rotatable bonds is 5. The van der Waals surface area contributed by atoms with Crippen molar-refractivity contribution in [3.63, 3.8) is 0 Å². The Kier molecular flexibility index (Phi) is 4.89. The first-order valence-corrected chi connectivity index (χ1v) is 7.06. The van der Waals surface area contributed by atoms with Gasteiger partial charge in [0.2, 0.25) is 5.91 Å². The van der Waals surface area contributed by atoms with E-state index in [1.165, 1.54) is 30.7 Å². The Morgan fingerprint density at radius 2 is 2.38 bits per heavy atom. The molecule has 0 saturated heterocycles. The topological polar surface area (TPSA) is 83.8 Å². The Hall–Kier alpha value is -2.41. The Morgan fingerprint density at radius 1 is 1.57 bits per heavy atom. The number of hydrogen-bond acceptors (Lipinski definition) is 6. The van der Waals surface area contributed by atoms with Crippen LogP contribution in [-0.4, -0.2) is 29.3 Å². The molecule has 0 fully saturated rings. The maximum atomic E-state index is 11.7. The summed E-state index contributed by atoms with van der Waals surface area (Å²) >= 11 is 1.50. The lowest BCUT2D eigenvalue weighted by atomic mass is 10.2. The molecule has 1 aromatic carbocycles. The van der Waals surface area contributed by atoms with Gasteiger partial charge in [0.25, 0.3) is 0 Å². The minimum absolute atomic E-state index is 0.0592. The van der Waals surface area contributed by atoms with E-state index in [2.05, 4.69) is 15.5 Å². The Balaban J connectivity index is 1.94. The van der Waals surface area contributed by atoms with Gasteiger partial charge in [0.1, 0.15) is 11.5 Å². The predicted octanol–water partition coefficient (Wildman–Crippen LogP) is 1.86. The fourth-order valence-electron chi connectivity index (χ4n) is 1.63. The van der Waals surface area contributed by atoms with Crippen molar-refractivity contribution in [1.29, 1.82) is 0 Å². The molecule has 0 unspecified atom stereocenters. The maximum Gasteiger partial charge on any atom is 0.246 e. The second-order valence-electron chi connectivity index (χ2n) is 4.25. The molecule has 1 aromatic heterocycles. The van der Waals surface area contributed by atoms with Crippen LogP contribution < -0.4 is 10.2 Å². The summed E-state index contributed by atoms with van der Waals surface area (Å²) in [5, 5.41) is 16.2. The highest BCUT2D eigenvalue weighted by Gasteiger charge is 2.05. The summed E-state index contributed by atoms with van der Waals surface area (Å²) in [5.74, 6) is 0.390. The van der Waals surface area contributed by atoms with Crippen molar-refractivity contribution in [3.05, 3.63) is 39.8 Å². The lowest BCUT2D eigenvalue weighted by Crippen LogP contribution is -2.19. The minimum Gasteiger partial charge on any atom is -0.507 e. The standard InChI is InChI=1S/C14H15N3O3S/c1-9-16-11(8-21-9)6-14(19)17-15-7-10-5-12(20-2)3-4-13(10)18/h3-5,7-8,18H,6H2,1-2H3,(H,17,19). The van der Waals surface area contributed by atoms with Crippen molar-refractivity contribution in [3.8, 4) is 11.5 Å². The summed E-state index contributed by atoms with van der Waals surface area (Å²) in [7, 11) is 1.53. The molecule has 0 radical (unpaired) electrons. The van der Waals surface area contributed by atoms with Crippen LogP contribution in [0.1, 0.15) is 16.3 Å². The molecule has 2 rings (SSSR count). The van der Waals surface area contributed by atoms with Crippen LogP contribution in [-0.2, 0) is 11.2 Å². The van der Waals surface area contributed by atoms with E-state index in [1.807, 2.05) is 12.3 Å². The summed E-state index contributed by atoms with van der Waals surface area (Å²) in [4.78, 5) is 15.9. The number of aryl methyl sites for hydroxylation is 1. The number of nitrogens with one attached hydrogen (secondary N) is 1. The summed E-state index contributed by atoms with van der Waals surface area (Å²) in [5.41, 5.74) is 3.57. The van der Waals surface area contributed by atoms with Gasteiger partial charge in [-0.3, -0.25) is 4.79 Å². The van der Waals surface area contributed by atoms with Crippen molar-refractivity contribution in [2.75, 3.05) is 7.11 Å². The number of hydrazone groups is 1. The molecule has 0 aliphatic heterocycles. The van der Waals surface area contributed by atoms with Gasteiger partial charge in [0.15, 0.2) is 0 Å². The fourth-order valence-corrected chi connectivity index (χ4v) is 2.24. The molecule has 1 heterocycles. The average molecular weight is 305 g/mol.